The molecule has 3 rings (SSSR count). The highest BCUT2D eigenvalue weighted by Gasteiger charge is 2.25. The molecule has 5 nitrogen and oxygen atoms in total. The van der Waals surface area contributed by atoms with Gasteiger partial charge in [0.2, 0.25) is 5.90 Å². The van der Waals surface area contributed by atoms with Crippen molar-refractivity contribution in [3.05, 3.63) is 77.5 Å². The average Bonchev–Trinajstić information content (AvgIpc) is 3.07. The lowest BCUT2D eigenvalue weighted by atomic mass is 10.0. The number of para-hydroxylation sites is 1. The van der Waals surface area contributed by atoms with Crippen LogP contribution in [0.25, 0.3) is 6.08 Å². The van der Waals surface area contributed by atoms with Crippen LogP contribution in [-0.4, -0.2) is 25.6 Å². The smallest absolute Gasteiger partial charge is 0.363 e. The van der Waals surface area contributed by atoms with Crippen molar-refractivity contribution in [1.82, 2.24) is 0 Å². The van der Waals surface area contributed by atoms with Gasteiger partial charge in [-0.3, -0.25) is 0 Å². The zero-order valence-corrected chi connectivity index (χ0v) is 16.3. The van der Waals surface area contributed by atoms with Crippen LogP contribution in [0, 0.1) is 0 Å². The Hall–Kier alpha value is -3.34. The quantitative estimate of drug-likeness (QED) is 0.398. The molecule has 0 fully saturated rings. The summed E-state index contributed by atoms with van der Waals surface area (Å²) in [5.74, 6) is 1.31. The standard InChI is InChI=1S/C23H23NO4/c1-5-13-27-21-18(7-6-8-20(21)26-4)14-19-23(25)28-22(24-19)17-11-9-16(10-12-17)15(2)3/h5-12,14-15H,1,13H2,2-4H3/b19-14-. The van der Waals surface area contributed by atoms with Gasteiger partial charge in [0, 0.05) is 11.1 Å². The number of hydrogen-bond acceptors (Lipinski definition) is 5. The van der Waals surface area contributed by atoms with Crippen molar-refractivity contribution in [2.24, 2.45) is 4.99 Å². The molecule has 0 aliphatic carbocycles. The molecule has 2 aromatic rings. The van der Waals surface area contributed by atoms with Crippen LogP contribution in [0.2, 0.25) is 0 Å². The summed E-state index contributed by atoms with van der Waals surface area (Å²) < 4.78 is 16.4. The van der Waals surface area contributed by atoms with Gasteiger partial charge in [-0.2, -0.15) is 0 Å². The summed E-state index contributed by atoms with van der Waals surface area (Å²) in [6.45, 7) is 8.23. The number of ether oxygens (including phenoxy) is 3. The van der Waals surface area contributed by atoms with Gasteiger partial charge in [0.15, 0.2) is 17.2 Å². The Balaban J connectivity index is 1.94. The number of carbonyl (C=O) groups excluding carboxylic acids is 1. The fraction of sp³-hybridized carbons (Fsp3) is 0.217. The van der Waals surface area contributed by atoms with Gasteiger partial charge < -0.3 is 14.2 Å². The molecular formula is C23H23NO4. The zero-order valence-electron chi connectivity index (χ0n) is 16.3. The molecule has 5 heteroatoms. The monoisotopic (exact) mass is 377 g/mol. The summed E-state index contributed by atoms with van der Waals surface area (Å²) in [5.41, 5.74) is 2.85. The molecule has 0 atom stereocenters. The van der Waals surface area contributed by atoms with E-state index >= 15 is 0 Å². The third-order valence-corrected chi connectivity index (χ3v) is 4.31. The molecule has 0 saturated carbocycles. The van der Waals surface area contributed by atoms with Crippen molar-refractivity contribution in [1.29, 1.82) is 0 Å². The van der Waals surface area contributed by atoms with E-state index in [1.165, 1.54) is 5.56 Å². The van der Waals surface area contributed by atoms with Crippen LogP contribution in [0.1, 0.15) is 36.5 Å². The van der Waals surface area contributed by atoms with E-state index in [2.05, 4.69) is 25.4 Å². The molecule has 1 heterocycles. The predicted octanol–water partition coefficient (Wildman–Crippen LogP) is 4.73. The Labute approximate surface area is 165 Å². The molecule has 0 aromatic heterocycles. The topological polar surface area (TPSA) is 57.1 Å². The van der Waals surface area contributed by atoms with E-state index in [0.29, 0.717) is 35.5 Å². The van der Waals surface area contributed by atoms with Crippen molar-refractivity contribution in [3.63, 3.8) is 0 Å². The highest BCUT2D eigenvalue weighted by Crippen LogP contribution is 2.33. The lowest BCUT2D eigenvalue weighted by Gasteiger charge is -2.12. The second kappa shape index (κ2) is 8.57. The van der Waals surface area contributed by atoms with Gasteiger partial charge in [-0.25, -0.2) is 9.79 Å². The third-order valence-electron chi connectivity index (χ3n) is 4.31. The van der Waals surface area contributed by atoms with Crippen LogP contribution in [0.3, 0.4) is 0 Å². The van der Waals surface area contributed by atoms with E-state index in [9.17, 15) is 4.79 Å². The van der Waals surface area contributed by atoms with Gasteiger partial charge in [-0.1, -0.05) is 50.8 Å². The molecule has 0 unspecified atom stereocenters. The molecular weight excluding hydrogens is 354 g/mol. The Morgan fingerprint density at radius 3 is 2.57 bits per heavy atom. The summed E-state index contributed by atoms with van der Waals surface area (Å²) in [6, 6.07) is 13.3. The van der Waals surface area contributed by atoms with E-state index in [4.69, 9.17) is 14.2 Å². The summed E-state index contributed by atoms with van der Waals surface area (Å²) in [7, 11) is 1.56. The van der Waals surface area contributed by atoms with Gasteiger partial charge in [0.25, 0.3) is 0 Å². The van der Waals surface area contributed by atoms with E-state index < -0.39 is 5.97 Å². The van der Waals surface area contributed by atoms with E-state index in [0.717, 1.165) is 5.56 Å². The van der Waals surface area contributed by atoms with Crippen LogP contribution >= 0.6 is 0 Å². The normalized spacial score (nSPS) is 14.8. The van der Waals surface area contributed by atoms with Crippen molar-refractivity contribution >= 4 is 17.9 Å². The van der Waals surface area contributed by atoms with E-state index in [1.54, 1.807) is 25.3 Å². The first-order valence-electron chi connectivity index (χ1n) is 9.07. The first-order chi connectivity index (χ1) is 13.5. The number of methoxy groups -OCH3 is 1. The lowest BCUT2D eigenvalue weighted by Crippen LogP contribution is -2.05. The number of carbonyl (C=O) groups is 1. The van der Waals surface area contributed by atoms with Crippen LogP contribution in [-0.2, 0) is 9.53 Å². The number of aliphatic imine (C=N–C) groups is 1. The lowest BCUT2D eigenvalue weighted by molar-refractivity contribution is -0.129. The second-order valence-electron chi connectivity index (χ2n) is 6.59. The first-order valence-corrected chi connectivity index (χ1v) is 9.07. The van der Waals surface area contributed by atoms with Gasteiger partial charge in [0.1, 0.15) is 6.61 Å². The maximum absolute atomic E-state index is 12.3. The van der Waals surface area contributed by atoms with Crippen LogP contribution in [0.15, 0.2) is 65.8 Å². The van der Waals surface area contributed by atoms with Crippen molar-refractivity contribution < 1.29 is 19.0 Å². The predicted molar refractivity (Wildman–Crippen MR) is 110 cm³/mol. The largest absolute Gasteiger partial charge is 0.493 e. The molecule has 28 heavy (non-hydrogen) atoms. The van der Waals surface area contributed by atoms with Crippen LogP contribution in [0.5, 0.6) is 11.5 Å². The highest BCUT2D eigenvalue weighted by atomic mass is 16.6. The maximum Gasteiger partial charge on any atom is 0.363 e. The summed E-state index contributed by atoms with van der Waals surface area (Å²) in [5, 5.41) is 0. The number of esters is 1. The van der Waals surface area contributed by atoms with Crippen molar-refractivity contribution in [2.45, 2.75) is 19.8 Å². The molecule has 0 N–H and O–H groups in total. The summed E-state index contributed by atoms with van der Waals surface area (Å²) in [4.78, 5) is 16.7. The molecule has 0 bridgehead atoms. The number of benzene rings is 2. The second-order valence-corrected chi connectivity index (χ2v) is 6.59. The number of cyclic esters (lactones) is 1. The highest BCUT2D eigenvalue weighted by molar-refractivity contribution is 6.13. The Morgan fingerprint density at radius 2 is 1.93 bits per heavy atom. The van der Waals surface area contributed by atoms with Crippen LogP contribution < -0.4 is 9.47 Å². The van der Waals surface area contributed by atoms with Gasteiger partial charge >= 0.3 is 5.97 Å². The molecule has 1 aliphatic heterocycles. The molecule has 0 saturated heterocycles. The third kappa shape index (κ3) is 4.14. The minimum Gasteiger partial charge on any atom is -0.493 e. The fourth-order valence-electron chi connectivity index (χ4n) is 2.79. The molecule has 2 aromatic carbocycles. The maximum atomic E-state index is 12.3. The molecule has 1 aliphatic rings. The molecule has 0 radical (unpaired) electrons. The first kappa shape index (κ1) is 19.4. The number of nitrogens with zero attached hydrogens (tertiary/aromatic N) is 1. The van der Waals surface area contributed by atoms with Crippen LogP contribution in [0.4, 0.5) is 0 Å². The molecule has 144 valence electrons. The fourth-order valence-corrected chi connectivity index (χ4v) is 2.79. The van der Waals surface area contributed by atoms with Gasteiger partial charge in [0.05, 0.1) is 7.11 Å². The van der Waals surface area contributed by atoms with E-state index in [1.807, 2.05) is 36.4 Å². The molecule has 0 amide bonds. The number of hydrogen-bond donors (Lipinski definition) is 0. The Morgan fingerprint density at radius 1 is 1.18 bits per heavy atom. The van der Waals surface area contributed by atoms with Gasteiger partial charge in [-0.05, 0) is 35.8 Å². The zero-order chi connectivity index (χ0) is 20.1. The van der Waals surface area contributed by atoms with Crippen molar-refractivity contribution in [2.75, 3.05) is 13.7 Å². The summed E-state index contributed by atoms with van der Waals surface area (Å²) >= 11 is 0. The molecule has 0 spiro atoms. The summed E-state index contributed by atoms with van der Waals surface area (Å²) in [6.07, 6.45) is 3.28. The Bertz CT molecular complexity index is 940. The van der Waals surface area contributed by atoms with Crippen molar-refractivity contribution in [3.8, 4) is 11.5 Å². The minimum absolute atomic E-state index is 0.208. The SMILES string of the molecule is C=CCOc1c(/C=C2\N=C(c3ccc(C(C)C)cc3)OC2=O)cccc1OC. The minimum atomic E-state index is -0.500. The van der Waals surface area contributed by atoms with Gasteiger partial charge in [-0.15, -0.1) is 0 Å². The average molecular weight is 377 g/mol. The Kier molecular flexibility index (Phi) is 5.94. The van der Waals surface area contributed by atoms with E-state index in [-0.39, 0.29) is 5.70 Å². The number of rotatable bonds is 7.